The molecule has 18 heavy (non-hydrogen) atoms. The van der Waals surface area contributed by atoms with Crippen molar-refractivity contribution in [2.45, 2.75) is 19.9 Å². The van der Waals surface area contributed by atoms with E-state index in [0.29, 0.717) is 19.6 Å². The van der Waals surface area contributed by atoms with E-state index in [-0.39, 0.29) is 11.6 Å². The summed E-state index contributed by atoms with van der Waals surface area (Å²) in [6.45, 7) is 3.61. The molecule has 1 aliphatic rings. The lowest BCUT2D eigenvalue weighted by Gasteiger charge is -2.29. The van der Waals surface area contributed by atoms with Gasteiger partial charge in [0.1, 0.15) is 0 Å². The molecule has 0 saturated heterocycles. The second kappa shape index (κ2) is 5.08. The van der Waals surface area contributed by atoms with Crippen LogP contribution in [-0.2, 0) is 13.0 Å². The summed E-state index contributed by atoms with van der Waals surface area (Å²) in [6.07, 6.45) is 0.770. The fourth-order valence-corrected chi connectivity index (χ4v) is 2.13. The molecule has 2 rings (SSSR count). The van der Waals surface area contributed by atoms with Crippen molar-refractivity contribution in [2.75, 3.05) is 13.1 Å². The van der Waals surface area contributed by atoms with Crippen molar-refractivity contribution in [3.05, 3.63) is 34.9 Å². The van der Waals surface area contributed by atoms with Crippen molar-refractivity contribution < 1.29 is 14.7 Å². The van der Waals surface area contributed by atoms with Crippen LogP contribution >= 0.6 is 0 Å². The van der Waals surface area contributed by atoms with E-state index in [4.69, 9.17) is 5.11 Å². The standard InChI is InChI=1S/C13H16N2O3/c1-2-14-13(18)15-6-5-9-3-4-10(12(16)17)7-11(9)8-15/h3-4,7H,2,5-6,8H2,1H3,(H,14,18)(H,16,17). The summed E-state index contributed by atoms with van der Waals surface area (Å²) in [5.41, 5.74) is 2.32. The van der Waals surface area contributed by atoms with Crippen LogP contribution in [0.15, 0.2) is 18.2 Å². The van der Waals surface area contributed by atoms with Crippen molar-refractivity contribution in [1.82, 2.24) is 10.2 Å². The molecule has 0 spiro atoms. The van der Waals surface area contributed by atoms with Crippen LogP contribution in [0.3, 0.4) is 0 Å². The number of carbonyl (C=O) groups excluding carboxylic acids is 1. The maximum Gasteiger partial charge on any atom is 0.335 e. The highest BCUT2D eigenvalue weighted by atomic mass is 16.4. The van der Waals surface area contributed by atoms with E-state index >= 15 is 0 Å². The van der Waals surface area contributed by atoms with Gasteiger partial charge >= 0.3 is 12.0 Å². The molecule has 1 aliphatic heterocycles. The molecule has 0 aliphatic carbocycles. The average Bonchev–Trinajstić information content (AvgIpc) is 2.37. The number of nitrogens with zero attached hydrogens (tertiary/aromatic N) is 1. The smallest absolute Gasteiger partial charge is 0.335 e. The number of carboxylic acid groups (broad SMARTS) is 1. The van der Waals surface area contributed by atoms with Crippen LogP contribution in [-0.4, -0.2) is 35.1 Å². The van der Waals surface area contributed by atoms with Crippen LogP contribution in [0.5, 0.6) is 0 Å². The van der Waals surface area contributed by atoms with Crippen LogP contribution in [0.4, 0.5) is 4.79 Å². The maximum atomic E-state index is 11.7. The number of urea groups is 1. The van der Waals surface area contributed by atoms with Gasteiger partial charge in [-0.1, -0.05) is 6.07 Å². The molecule has 0 aromatic heterocycles. The fraction of sp³-hybridized carbons (Fsp3) is 0.385. The van der Waals surface area contributed by atoms with Crippen LogP contribution in [0.25, 0.3) is 0 Å². The van der Waals surface area contributed by atoms with Gasteiger partial charge in [-0.15, -0.1) is 0 Å². The van der Waals surface area contributed by atoms with Gasteiger partial charge in [-0.3, -0.25) is 0 Å². The monoisotopic (exact) mass is 248 g/mol. The highest BCUT2D eigenvalue weighted by Gasteiger charge is 2.21. The van der Waals surface area contributed by atoms with Crippen molar-refractivity contribution in [3.63, 3.8) is 0 Å². The van der Waals surface area contributed by atoms with Crippen LogP contribution < -0.4 is 5.32 Å². The molecule has 0 fully saturated rings. The Morgan fingerprint density at radius 1 is 1.39 bits per heavy atom. The van der Waals surface area contributed by atoms with E-state index in [1.165, 1.54) is 0 Å². The zero-order valence-corrected chi connectivity index (χ0v) is 10.3. The summed E-state index contributed by atoms with van der Waals surface area (Å²) < 4.78 is 0. The largest absolute Gasteiger partial charge is 0.478 e. The van der Waals surface area contributed by atoms with Gasteiger partial charge in [-0.25, -0.2) is 9.59 Å². The van der Waals surface area contributed by atoms with Gasteiger partial charge in [0.15, 0.2) is 0 Å². The molecule has 0 saturated carbocycles. The quantitative estimate of drug-likeness (QED) is 0.832. The molecule has 0 radical (unpaired) electrons. The zero-order chi connectivity index (χ0) is 13.1. The number of nitrogens with one attached hydrogen (secondary N) is 1. The molecule has 96 valence electrons. The summed E-state index contributed by atoms with van der Waals surface area (Å²) in [6, 6.07) is 5.02. The number of carboxylic acids is 1. The number of aromatic carboxylic acids is 1. The highest BCUT2D eigenvalue weighted by molar-refractivity contribution is 5.88. The van der Waals surface area contributed by atoms with Crippen LogP contribution in [0, 0.1) is 0 Å². The average molecular weight is 248 g/mol. The summed E-state index contributed by atoms with van der Waals surface area (Å²) in [7, 11) is 0. The predicted octanol–water partition coefficient (Wildman–Crippen LogP) is 1.47. The number of amides is 2. The summed E-state index contributed by atoms with van der Waals surface area (Å²) >= 11 is 0. The zero-order valence-electron chi connectivity index (χ0n) is 10.3. The van der Waals surface area contributed by atoms with Crippen LogP contribution in [0.2, 0.25) is 0 Å². The molecule has 0 bridgehead atoms. The summed E-state index contributed by atoms with van der Waals surface area (Å²) in [4.78, 5) is 24.3. The Morgan fingerprint density at radius 3 is 2.83 bits per heavy atom. The summed E-state index contributed by atoms with van der Waals surface area (Å²) in [5.74, 6) is -0.937. The molecular formula is C13H16N2O3. The third-order valence-corrected chi connectivity index (χ3v) is 3.08. The third kappa shape index (κ3) is 2.45. The van der Waals surface area contributed by atoms with Gasteiger partial charge in [0.05, 0.1) is 5.56 Å². The normalized spacial score (nSPS) is 13.9. The Bertz CT molecular complexity index is 485. The Hall–Kier alpha value is -2.04. The highest BCUT2D eigenvalue weighted by Crippen LogP contribution is 2.20. The van der Waals surface area contributed by atoms with Crippen molar-refractivity contribution >= 4 is 12.0 Å². The molecule has 1 aromatic carbocycles. The Balaban J connectivity index is 2.19. The van der Waals surface area contributed by atoms with Crippen molar-refractivity contribution in [2.24, 2.45) is 0 Å². The minimum absolute atomic E-state index is 0.0936. The number of rotatable bonds is 2. The molecular weight excluding hydrogens is 232 g/mol. The minimum atomic E-state index is -0.937. The number of hydrogen-bond acceptors (Lipinski definition) is 2. The molecule has 1 heterocycles. The Kier molecular flexibility index (Phi) is 3.50. The Morgan fingerprint density at radius 2 is 2.17 bits per heavy atom. The SMILES string of the molecule is CCNC(=O)N1CCc2ccc(C(=O)O)cc2C1. The van der Waals surface area contributed by atoms with Gasteiger partial charge < -0.3 is 15.3 Å². The lowest BCUT2D eigenvalue weighted by Crippen LogP contribution is -2.42. The van der Waals surface area contributed by atoms with E-state index in [9.17, 15) is 9.59 Å². The van der Waals surface area contributed by atoms with Gasteiger partial charge in [-0.05, 0) is 36.6 Å². The fourth-order valence-electron chi connectivity index (χ4n) is 2.13. The minimum Gasteiger partial charge on any atom is -0.478 e. The number of fused-ring (bicyclic) bond motifs is 1. The molecule has 2 amide bonds. The first kappa shape index (κ1) is 12.4. The lowest BCUT2D eigenvalue weighted by molar-refractivity contribution is 0.0696. The number of benzene rings is 1. The van der Waals surface area contributed by atoms with E-state index < -0.39 is 5.97 Å². The first-order valence-corrected chi connectivity index (χ1v) is 5.99. The third-order valence-electron chi connectivity index (χ3n) is 3.08. The first-order valence-electron chi connectivity index (χ1n) is 5.99. The number of carbonyl (C=O) groups is 2. The molecule has 5 heteroatoms. The number of hydrogen-bond donors (Lipinski definition) is 2. The van der Waals surface area contributed by atoms with Gasteiger partial charge in [-0.2, -0.15) is 0 Å². The molecule has 1 aromatic rings. The van der Waals surface area contributed by atoms with Crippen LogP contribution in [0.1, 0.15) is 28.4 Å². The lowest BCUT2D eigenvalue weighted by atomic mass is 9.97. The van der Waals surface area contributed by atoms with Crippen molar-refractivity contribution in [1.29, 1.82) is 0 Å². The van der Waals surface area contributed by atoms with Gasteiger partial charge in [0, 0.05) is 19.6 Å². The molecule has 0 unspecified atom stereocenters. The molecule has 0 atom stereocenters. The topological polar surface area (TPSA) is 69.6 Å². The molecule has 2 N–H and O–H groups in total. The second-order valence-electron chi connectivity index (χ2n) is 4.30. The van der Waals surface area contributed by atoms with E-state index in [1.807, 2.05) is 13.0 Å². The van der Waals surface area contributed by atoms with E-state index in [2.05, 4.69) is 5.32 Å². The van der Waals surface area contributed by atoms with Gasteiger partial charge in [0.25, 0.3) is 0 Å². The van der Waals surface area contributed by atoms with E-state index in [1.54, 1.807) is 17.0 Å². The predicted molar refractivity (Wildman–Crippen MR) is 66.6 cm³/mol. The van der Waals surface area contributed by atoms with E-state index in [0.717, 1.165) is 17.5 Å². The maximum absolute atomic E-state index is 11.7. The molecule has 5 nitrogen and oxygen atoms in total. The summed E-state index contributed by atoms with van der Waals surface area (Å²) in [5, 5.41) is 11.7. The van der Waals surface area contributed by atoms with Crippen molar-refractivity contribution in [3.8, 4) is 0 Å². The first-order chi connectivity index (χ1) is 8.61. The Labute approximate surface area is 105 Å². The second-order valence-corrected chi connectivity index (χ2v) is 4.30. The van der Waals surface area contributed by atoms with Gasteiger partial charge in [0.2, 0.25) is 0 Å².